The Morgan fingerprint density at radius 1 is 1.64 bits per heavy atom. The van der Waals surface area contributed by atoms with Crippen molar-refractivity contribution in [2.24, 2.45) is 0 Å². The van der Waals surface area contributed by atoms with Crippen molar-refractivity contribution >= 4 is 17.6 Å². The third kappa shape index (κ3) is 2.04. The maximum Gasteiger partial charge on any atom is 0.338 e. The molecule has 14 heavy (non-hydrogen) atoms. The molecule has 0 saturated heterocycles. The van der Waals surface area contributed by atoms with E-state index in [9.17, 15) is 4.79 Å². The van der Waals surface area contributed by atoms with Gasteiger partial charge in [-0.1, -0.05) is 0 Å². The summed E-state index contributed by atoms with van der Waals surface area (Å²) >= 11 is 5.64. The molecule has 1 rings (SSSR count). The van der Waals surface area contributed by atoms with Crippen molar-refractivity contribution in [3.05, 3.63) is 34.9 Å². The van der Waals surface area contributed by atoms with Crippen molar-refractivity contribution in [3.63, 3.8) is 0 Å². The van der Waals surface area contributed by atoms with Crippen LogP contribution < -0.4 is 0 Å². The summed E-state index contributed by atoms with van der Waals surface area (Å²) in [5.41, 5.74) is 1.49. The zero-order chi connectivity index (χ0) is 10.6. The van der Waals surface area contributed by atoms with E-state index in [0.29, 0.717) is 16.7 Å². The number of ether oxygens (including phenoxy) is 1. The average Bonchev–Trinajstić information content (AvgIpc) is 2.27. The first-order valence-corrected chi connectivity index (χ1v) is 4.43. The van der Waals surface area contributed by atoms with E-state index in [1.165, 1.54) is 7.11 Å². The van der Waals surface area contributed by atoms with Crippen LogP contribution in [-0.4, -0.2) is 13.1 Å². The molecule has 0 radical (unpaired) electrons. The van der Waals surface area contributed by atoms with Crippen molar-refractivity contribution in [3.8, 4) is 6.07 Å². The van der Waals surface area contributed by atoms with E-state index in [0.717, 1.165) is 0 Å². The van der Waals surface area contributed by atoms with Gasteiger partial charge in [-0.05, 0) is 23.8 Å². The molecule has 0 amide bonds. The molecule has 3 nitrogen and oxygen atoms in total. The number of methoxy groups -OCH3 is 1. The average molecular weight is 210 g/mol. The van der Waals surface area contributed by atoms with E-state index in [2.05, 4.69) is 4.74 Å². The molecule has 0 atom stereocenters. The lowest BCUT2D eigenvalue weighted by molar-refractivity contribution is 0.0600. The highest BCUT2D eigenvalue weighted by atomic mass is 35.5. The number of carbonyl (C=O) groups is 1. The van der Waals surface area contributed by atoms with E-state index >= 15 is 0 Å². The number of esters is 1. The maximum atomic E-state index is 11.2. The Morgan fingerprint density at radius 2 is 2.36 bits per heavy atom. The molecule has 0 aromatic heterocycles. The fourth-order valence-corrected chi connectivity index (χ4v) is 1.30. The number of hydrogen-bond acceptors (Lipinski definition) is 3. The lowest BCUT2D eigenvalue weighted by Crippen LogP contribution is -2.04. The van der Waals surface area contributed by atoms with Crippen LogP contribution in [-0.2, 0) is 10.6 Å². The second-order valence-electron chi connectivity index (χ2n) is 2.61. The number of rotatable bonds is 2. The summed E-state index contributed by atoms with van der Waals surface area (Å²) in [5.74, 6) is -0.259. The second-order valence-corrected chi connectivity index (χ2v) is 2.88. The highest BCUT2D eigenvalue weighted by Gasteiger charge is 2.11. The Labute approximate surface area is 86.9 Å². The van der Waals surface area contributed by atoms with Crippen LogP contribution in [0.2, 0.25) is 0 Å². The lowest BCUT2D eigenvalue weighted by atomic mass is 10.1. The second kappa shape index (κ2) is 4.64. The Bertz CT molecular complexity index is 396. The predicted molar refractivity (Wildman–Crippen MR) is 52.1 cm³/mol. The molecule has 0 heterocycles. The van der Waals surface area contributed by atoms with Gasteiger partial charge in [0.1, 0.15) is 0 Å². The van der Waals surface area contributed by atoms with Crippen molar-refractivity contribution in [2.45, 2.75) is 5.88 Å². The van der Waals surface area contributed by atoms with E-state index in [4.69, 9.17) is 16.9 Å². The zero-order valence-corrected chi connectivity index (χ0v) is 8.34. The van der Waals surface area contributed by atoms with E-state index in [1.54, 1.807) is 18.2 Å². The fourth-order valence-electron chi connectivity index (χ4n) is 1.08. The van der Waals surface area contributed by atoms with Crippen molar-refractivity contribution < 1.29 is 9.53 Å². The molecule has 1 aromatic carbocycles. The van der Waals surface area contributed by atoms with Gasteiger partial charge in [-0.15, -0.1) is 11.6 Å². The number of hydrogen-bond donors (Lipinski definition) is 0. The quantitative estimate of drug-likeness (QED) is 0.554. The number of alkyl halides is 1. The largest absolute Gasteiger partial charge is 0.465 e. The predicted octanol–water partition coefficient (Wildman–Crippen LogP) is 2.08. The first-order valence-electron chi connectivity index (χ1n) is 3.90. The van der Waals surface area contributed by atoms with E-state index in [-0.39, 0.29) is 5.88 Å². The van der Waals surface area contributed by atoms with Crippen molar-refractivity contribution in [2.75, 3.05) is 7.11 Å². The van der Waals surface area contributed by atoms with Crippen LogP contribution >= 0.6 is 11.6 Å². The van der Waals surface area contributed by atoms with Crippen LogP contribution in [0.25, 0.3) is 0 Å². The summed E-state index contributed by atoms with van der Waals surface area (Å²) < 4.78 is 4.57. The Kier molecular flexibility index (Phi) is 3.49. The highest BCUT2D eigenvalue weighted by Crippen LogP contribution is 2.15. The molecule has 0 aliphatic carbocycles. The topological polar surface area (TPSA) is 50.1 Å². The van der Waals surface area contributed by atoms with Crippen LogP contribution in [0.3, 0.4) is 0 Å². The Hall–Kier alpha value is -1.53. The van der Waals surface area contributed by atoms with Crippen LogP contribution in [0, 0.1) is 11.3 Å². The van der Waals surface area contributed by atoms with Crippen LogP contribution in [0.1, 0.15) is 21.5 Å². The van der Waals surface area contributed by atoms with Gasteiger partial charge in [0, 0.05) is 5.88 Å². The fraction of sp³-hybridized carbons (Fsp3) is 0.200. The van der Waals surface area contributed by atoms with E-state index in [1.807, 2.05) is 6.07 Å². The molecule has 4 heteroatoms. The summed E-state index contributed by atoms with van der Waals surface area (Å²) in [7, 11) is 1.30. The lowest BCUT2D eigenvalue weighted by Gasteiger charge is -2.04. The minimum atomic E-state index is -0.440. The first kappa shape index (κ1) is 10.6. The van der Waals surface area contributed by atoms with Gasteiger partial charge in [0.05, 0.1) is 24.3 Å². The standard InChI is InChI=1S/C10H8ClNO2/c1-14-10(13)9-3-2-7(6-12)4-8(9)5-11/h2-4H,5H2,1H3. The Morgan fingerprint density at radius 3 is 2.86 bits per heavy atom. The van der Waals surface area contributed by atoms with Gasteiger partial charge < -0.3 is 4.74 Å². The normalized spacial score (nSPS) is 9.21. The Balaban J connectivity index is 3.19. The molecule has 0 unspecified atom stereocenters. The summed E-state index contributed by atoms with van der Waals surface area (Å²) in [6, 6.07) is 6.66. The summed E-state index contributed by atoms with van der Waals surface area (Å²) in [6.07, 6.45) is 0. The van der Waals surface area contributed by atoms with Gasteiger partial charge in [0.2, 0.25) is 0 Å². The molecule has 0 saturated carbocycles. The summed E-state index contributed by atoms with van der Waals surface area (Å²) in [6.45, 7) is 0. The molecule has 0 spiro atoms. The van der Waals surface area contributed by atoms with Gasteiger partial charge in [0.15, 0.2) is 0 Å². The summed E-state index contributed by atoms with van der Waals surface area (Å²) in [5, 5.41) is 8.63. The van der Waals surface area contributed by atoms with Crippen molar-refractivity contribution in [1.29, 1.82) is 5.26 Å². The molecule has 0 N–H and O–H groups in total. The molecule has 72 valence electrons. The molecule has 1 aromatic rings. The van der Waals surface area contributed by atoms with Gasteiger partial charge in [0.25, 0.3) is 0 Å². The van der Waals surface area contributed by atoms with Gasteiger partial charge in [-0.2, -0.15) is 5.26 Å². The van der Waals surface area contributed by atoms with Gasteiger partial charge in [-0.3, -0.25) is 0 Å². The first-order chi connectivity index (χ1) is 6.72. The minimum absolute atomic E-state index is 0.181. The maximum absolute atomic E-state index is 11.2. The molecule has 0 bridgehead atoms. The SMILES string of the molecule is COC(=O)c1ccc(C#N)cc1CCl. The zero-order valence-electron chi connectivity index (χ0n) is 7.58. The summed E-state index contributed by atoms with van der Waals surface area (Å²) in [4.78, 5) is 11.2. The van der Waals surface area contributed by atoms with Crippen LogP contribution in [0.5, 0.6) is 0 Å². The molecule has 0 fully saturated rings. The smallest absolute Gasteiger partial charge is 0.338 e. The van der Waals surface area contributed by atoms with Crippen LogP contribution in [0.15, 0.2) is 18.2 Å². The minimum Gasteiger partial charge on any atom is -0.465 e. The van der Waals surface area contributed by atoms with E-state index < -0.39 is 5.97 Å². The van der Waals surface area contributed by atoms with Crippen molar-refractivity contribution in [1.82, 2.24) is 0 Å². The highest BCUT2D eigenvalue weighted by molar-refractivity contribution is 6.17. The monoisotopic (exact) mass is 209 g/mol. The number of nitriles is 1. The van der Waals surface area contributed by atoms with Gasteiger partial charge >= 0.3 is 5.97 Å². The third-order valence-electron chi connectivity index (χ3n) is 1.78. The number of halogens is 1. The number of benzene rings is 1. The molecule has 0 aliphatic heterocycles. The third-order valence-corrected chi connectivity index (χ3v) is 2.07. The van der Waals surface area contributed by atoms with Gasteiger partial charge in [-0.25, -0.2) is 4.79 Å². The van der Waals surface area contributed by atoms with Crippen LogP contribution in [0.4, 0.5) is 0 Å². The molecule has 0 aliphatic rings. The molecular weight excluding hydrogens is 202 g/mol. The number of carbonyl (C=O) groups excluding carboxylic acids is 1. The molecular formula is C10H8ClNO2. The number of nitrogens with zero attached hydrogens (tertiary/aromatic N) is 1.